The zero-order valence-electron chi connectivity index (χ0n) is 10.7. The van der Waals surface area contributed by atoms with Crippen molar-refractivity contribution >= 4 is 17.4 Å². The minimum absolute atomic E-state index is 0.0427. The Hall–Kier alpha value is -2.24. The van der Waals surface area contributed by atoms with Gasteiger partial charge in [-0.15, -0.1) is 0 Å². The third-order valence-electron chi connectivity index (χ3n) is 3.22. The van der Waals surface area contributed by atoms with Crippen molar-refractivity contribution in [1.82, 2.24) is 0 Å². The monoisotopic (exact) mass is 263 g/mol. The molecule has 0 radical (unpaired) electrons. The molecule has 1 saturated carbocycles. The molecule has 1 amide bonds. The molecule has 6 nitrogen and oxygen atoms in total. The van der Waals surface area contributed by atoms with Crippen molar-refractivity contribution in [2.24, 2.45) is 16.3 Å². The van der Waals surface area contributed by atoms with Crippen LogP contribution in [0.3, 0.4) is 0 Å². The lowest BCUT2D eigenvalue weighted by Crippen LogP contribution is -2.36. The zero-order valence-corrected chi connectivity index (χ0v) is 10.7. The van der Waals surface area contributed by atoms with Crippen molar-refractivity contribution in [1.29, 1.82) is 0 Å². The van der Waals surface area contributed by atoms with Crippen LogP contribution in [0.25, 0.3) is 0 Å². The molecule has 1 fully saturated rings. The topological polar surface area (TPSA) is 96.9 Å². The van der Waals surface area contributed by atoms with Gasteiger partial charge in [0.15, 0.2) is 5.84 Å². The fourth-order valence-electron chi connectivity index (χ4n) is 1.91. The fourth-order valence-corrected chi connectivity index (χ4v) is 1.91. The summed E-state index contributed by atoms with van der Waals surface area (Å²) in [5.74, 6) is 0.294. The number of nitrogens with zero attached hydrogens (tertiary/aromatic N) is 1. The number of anilines is 1. The first kappa shape index (κ1) is 13.2. The molecule has 2 rings (SSSR count). The van der Waals surface area contributed by atoms with Crippen molar-refractivity contribution in [2.45, 2.75) is 19.8 Å². The smallest absolute Gasteiger partial charge is 0.238 e. The molecule has 19 heavy (non-hydrogen) atoms. The summed E-state index contributed by atoms with van der Waals surface area (Å²) < 4.78 is 5.43. The predicted octanol–water partition coefficient (Wildman–Crippen LogP) is 1.55. The molecule has 0 unspecified atom stereocenters. The van der Waals surface area contributed by atoms with Crippen molar-refractivity contribution in [3.05, 3.63) is 24.3 Å². The zero-order chi connectivity index (χ0) is 13.9. The molecular weight excluding hydrogens is 246 g/mol. The Kier molecular flexibility index (Phi) is 3.59. The number of benzene rings is 1. The maximum atomic E-state index is 12.2. The van der Waals surface area contributed by atoms with E-state index in [1.165, 1.54) is 0 Å². The van der Waals surface area contributed by atoms with Gasteiger partial charge in [0.2, 0.25) is 5.91 Å². The lowest BCUT2D eigenvalue weighted by molar-refractivity contribution is -0.119. The third kappa shape index (κ3) is 2.47. The molecule has 102 valence electrons. The number of oxime groups is 1. The number of nitrogens with one attached hydrogen (secondary N) is 1. The Labute approximate surface area is 111 Å². The molecule has 0 aromatic heterocycles. The molecule has 1 aromatic carbocycles. The van der Waals surface area contributed by atoms with Crippen LogP contribution >= 0.6 is 0 Å². The van der Waals surface area contributed by atoms with Gasteiger partial charge in [0.05, 0.1) is 12.3 Å². The maximum absolute atomic E-state index is 12.2. The van der Waals surface area contributed by atoms with Gasteiger partial charge in [-0.3, -0.25) is 4.79 Å². The van der Waals surface area contributed by atoms with E-state index in [1.54, 1.807) is 18.2 Å². The molecule has 0 spiro atoms. The number of para-hydroxylation sites is 2. The normalized spacial score (nSPS) is 16.8. The van der Waals surface area contributed by atoms with Crippen molar-refractivity contribution < 1.29 is 14.7 Å². The van der Waals surface area contributed by atoms with Gasteiger partial charge < -0.3 is 21.0 Å². The first-order chi connectivity index (χ1) is 9.14. The summed E-state index contributed by atoms with van der Waals surface area (Å²) in [5, 5.41) is 14.4. The molecular formula is C13H17N3O3. The second-order valence-corrected chi connectivity index (χ2v) is 4.45. The van der Waals surface area contributed by atoms with E-state index in [4.69, 9.17) is 15.7 Å². The van der Waals surface area contributed by atoms with Crippen LogP contribution in [0.4, 0.5) is 5.69 Å². The summed E-state index contributed by atoms with van der Waals surface area (Å²) in [6.07, 6.45) is 1.18. The van der Waals surface area contributed by atoms with Crippen LogP contribution in [-0.2, 0) is 4.79 Å². The number of hydrogen-bond acceptors (Lipinski definition) is 4. The van der Waals surface area contributed by atoms with Crippen LogP contribution in [0.5, 0.6) is 5.75 Å². The average molecular weight is 263 g/mol. The minimum atomic E-state index is -0.867. The predicted molar refractivity (Wildman–Crippen MR) is 71.3 cm³/mol. The van der Waals surface area contributed by atoms with Gasteiger partial charge in [-0.05, 0) is 31.9 Å². The average Bonchev–Trinajstić information content (AvgIpc) is 3.22. The molecule has 1 aliphatic rings. The van der Waals surface area contributed by atoms with Gasteiger partial charge >= 0.3 is 0 Å². The Balaban J connectivity index is 2.16. The first-order valence-corrected chi connectivity index (χ1v) is 6.15. The van der Waals surface area contributed by atoms with Gasteiger partial charge in [-0.2, -0.15) is 0 Å². The third-order valence-corrected chi connectivity index (χ3v) is 3.22. The van der Waals surface area contributed by atoms with Crippen LogP contribution in [0.2, 0.25) is 0 Å². The van der Waals surface area contributed by atoms with Gasteiger partial charge in [-0.25, -0.2) is 0 Å². The Bertz CT molecular complexity index is 510. The van der Waals surface area contributed by atoms with Crippen molar-refractivity contribution in [3.63, 3.8) is 0 Å². The summed E-state index contributed by atoms with van der Waals surface area (Å²) in [6, 6.07) is 7.17. The second-order valence-electron chi connectivity index (χ2n) is 4.45. The van der Waals surface area contributed by atoms with E-state index in [9.17, 15) is 4.79 Å². The Morgan fingerprint density at radius 3 is 2.79 bits per heavy atom. The van der Waals surface area contributed by atoms with E-state index in [0.717, 1.165) is 0 Å². The number of amides is 1. The van der Waals surface area contributed by atoms with Crippen LogP contribution in [0.15, 0.2) is 29.4 Å². The first-order valence-electron chi connectivity index (χ1n) is 6.15. The van der Waals surface area contributed by atoms with E-state index < -0.39 is 5.41 Å². The van der Waals surface area contributed by atoms with E-state index in [2.05, 4.69) is 10.5 Å². The molecule has 0 atom stereocenters. The SMILES string of the molecule is CCOc1ccccc1NC(=O)C1(/C(N)=N/O)CC1. The summed E-state index contributed by atoms with van der Waals surface area (Å²) in [6.45, 7) is 2.38. The summed E-state index contributed by atoms with van der Waals surface area (Å²) in [7, 11) is 0. The molecule has 0 heterocycles. The highest BCUT2D eigenvalue weighted by molar-refractivity contribution is 6.14. The minimum Gasteiger partial charge on any atom is -0.492 e. The Morgan fingerprint density at radius 1 is 1.53 bits per heavy atom. The summed E-state index contributed by atoms with van der Waals surface area (Å²) >= 11 is 0. The molecule has 1 aromatic rings. The fraction of sp³-hybridized carbons (Fsp3) is 0.385. The molecule has 6 heteroatoms. The number of rotatable bonds is 5. The lowest BCUT2D eigenvalue weighted by atomic mass is 10.1. The van der Waals surface area contributed by atoms with Crippen LogP contribution in [-0.4, -0.2) is 23.6 Å². The largest absolute Gasteiger partial charge is 0.492 e. The standard InChI is InChI=1S/C13H17N3O3/c1-2-19-10-6-4-3-5-9(10)15-12(17)13(7-8-13)11(14)16-18/h3-6,18H,2,7-8H2,1H3,(H2,14,16)(H,15,17). The molecule has 1 aliphatic carbocycles. The van der Waals surface area contributed by atoms with Crippen LogP contribution in [0.1, 0.15) is 19.8 Å². The maximum Gasteiger partial charge on any atom is 0.238 e. The van der Waals surface area contributed by atoms with E-state index >= 15 is 0 Å². The number of carbonyl (C=O) groups is 1. The van der Waals surface area contributed by atoms with Crippen LogP contribution in [0, 0.1) is 5.41 Å². The molecule has 0 bridgehead atoms. The number of amidine groups is 1. The van der Waals surface area contributed by atoms with Gasteiger partial charge in [0, 0.05) is 0 Å². The number of ether oxygens (including phenoxy) is 1. The quantitative estimate of drug-likeness (QED) is 0.325. The second kappa shape index (κ2) is 5.17. The highest BCUT2D eigenvalue weighted by Gasteiger charge is 2.54. The number of hydrogen-bond donors (Lipinski definition) is 3. The van der Waals surface area contributed by atoms with E-state index in [0.29, 0.717) is 30.9 Å². The summed E-state index contributed by atoms with van der Waals surface area (Å²) in [4.78, 5) is 12.2. The highest BCUT2D eigenvalue weighted by Crippen LogP contribution is 2.47. The highest BCUT2D eigenvalue weighted by atomic mass is 16.5. The molecule has 0 saturated heterocycles. The van der Waals surface area contributed by atoms with Crippen molar-refractivity contribution in [2.75, 3.05) is 11.9 Å². The molecule has 4 N–H and O–H groups in total. The van der Waals surface area contributed by atoms with Crippen molar-refractivity contribution in [3.8, 4) is 5.75 Å². The summed E-state index contributed by atoms with van der Waals surface area (Å²) in [5.41, 5.74) is 5.29. The number of carbonyl (C=O) groups excluding carboxylic acids is 1. The van der Waals surface area contributed by atoms with E-state index in [-0.39, 0.29) is 11.7 Å². The number of nitrogens with two attached hydrogens (primary N) is 1. The lowest BCUT2D eigenvalue weighted by Gasteiger charge is -2.16. The van der Waals surface area contributed by atoms with Gasteiger partial charge in [0.1, 0.15) is 11.2 Å². The van der Waals surface area contributed by atoms with Gasteiger partial charge in [0.25, 0.3) is 0 Å². The van der Waals surface area contributed by atoms with E-state index in [1.807, 2.05) is 13.0 Å². The molecule has 0 aliphatic heterocycles. The van der Waals surface area contributed by atoms with Gasteiger partial charge in [-0.1, -0.05) is 17.3 Å². The van der Waals surface area contributed by atoms with Crippen LogP contribution < -0.4 is 15.8 Å². The Morgan fingerprint density at radius 2 is 2.21 bits per heavy atom.